The van der Waals surface area contributed by atoms with E-state index in [-0.39, 0.29) is 17.4 Å². The third-order valence-electron chi connectivity index (χ3n) is 5.83. The fourth-order valence-corrected chi connectivity index (χ4v) is 3.86. The monoisotopic (exact) mass is 462 g/mol. The van der Waals surface area contributed by atoms with Crippen LogP contribution in [-0.2, 0) is 34.1 Å². The highest BCUT2D eigenvalue weighted by atomic mass is 32.2. The number of rotatable bonds is 7. The minimum absolute atomic E-state index is 0.0992. The zero-order valence-corrected chi connectivity index (χ0v) is 20.5. The first-order valence-corrected chi connectivity index (χ1v) is 11.4. The molecule has 1 aliphatic heterocycles. The van der Waals surface area contributed by atoms with Crippen molar-refractivity contribution in [2.24, 2.45) is 16.2 Å². The van der Waals surface area contributed by atoms with Gasteiger partial charge in [-0.1, -0.05) is 34.6 Å². The molecule has 0 radical (unpaired) electrons. The quantitative estimate of drug-likeness (QED) is 0.430. The van der Waals surface area contributed by atoms with Gasteiger partial charge in [0.2, 0.25) is 5.91 Å². The van der Waals surface area contributed by atoms with Crippen LogP contribution in [-0.4, -0.2) is 52.5 Å². The molecule has 1 heterocycles. The Hall–Kier alpha value is -2.01. The summed E-state index contributed by atoms with van der Waals surface area (Å²) in [7, 11) is -4.80. The second-order valence-electron chi connectivity index (χ2n) is 10.9. The molecule has 1 fully saturated rings. The van der Waals surface area contributed by atoms with E-state index in [0.717, 1.165) is 0 Å². The van der Waals surface area contributed by atoms with Gasteiger partial charge in [0, 0.05) is 11.0 Å². The van der Waals surface area contributed by atoms with Gasteiger partial charge in [0.1, 0.15) is 0 Å². The van der Waals surface area contributed by atoms with E-state index in [2.05, 4.69) is 5.32 Å². The van der Waals surface area contributed by atoms with E-state index in [1.54, 1.807) is 34.6 Å². The SMILES string of the molecule is CC(C)(C)C(=O)NC(C)(C)C(C)(C)CC(C)(C)C(=O)ON1C(=O)CC(S(=O)(=O)O)C1=O. The smallest absolute Gasteiger partial charge is 0.338 e. The van der Waals surface area contributed by atoms with Gasteiger partial charge in [-0.3, -0.25) is 18.9 Å². The predicted molar refractivity (Wildman–Crippen MR) is 112 cm³/mol. The molecule has 0 aromatic rings. The number of carbonyl (C=O) groups excluding carboxylic acids is 4. The Bertz CT molecular complexity index is 881. The van der Waals surface area contributed by atoms with Crippen molar-refractivity contribution in [1.82, 2.24) is 10.4 Å². The largest absolute Gasteiger partial charge is 0.350 e. The van der Waals surface area contributed by atoms with E-state index >= 15 is 0 Å². The van der Waals surface area contributed by atoms with Crippen LogP contribution in [0.3, 0.4) is 0 Å². The molecule has 3 amide bonds. The van der Waals surface area contributed by atoms with Gasteiger partial charge in [-0.2, -0.15) is 8.42 Å². The van der Waals surface area contributed by atoms with Crippen molar-refractivity contribution in [3.63, 3.8) is 0 Å². The van der Waals surface area contributed by atoms with E-state index in [1.807, 2.05) is 27.7 Å². The zero-order chi connectivity index (χ0) is 24.8. The van der Waals surface area contributed by atoms with Crippen LogP contribution in [0.25, 0.3) is 0 Å². The molecule has 1 aliphatic rings. The lowest BCUT2D eigenvalue weighted by Crippen LogP contribution is -2.57. The van der Waals surface area contributed by atoms with E-state index in [1.165, 1.54) is 0 Å². The number of nitrogens with zero attached hydrogens (tertiary/aromatic N) is 1. The fourth-order valence-electron chi connectivity index (χ4n) is 3.16. The molecule has 178 valence electrons. The molecular formula is C20H34N2O8S. The summed E-state index contributed by atoms with van der Waals surface area (Å²) in [6.45, 7) is 15.9. The van der Waals surface area contributed by atoms with Gasteiger partial charge >= 0.3 is 5.97 Å². The van der Waals surface area contributed by atoms with Crippen molar-refractivity contribution in [3.8, 4) is 0 Å². The Kier molecular flexibility index (Phi) is 7.11. The molecule has 1 atom stereocenters. The highest BCUT2D eigenvalue weighted by molar-refractivity contribution is 7.87. The Labute approximate surface area is 183 Å². The van der Waals surface area contributed by atoms with E-state index in [0.29, 0.717) is 0 Å². The standard InChI is InChI=1S/C20H34N2O8S/c1-17(2,3)15(25)21-20(8,9)19(6,7)11-18(4,5)16(26)30-22-13(23)10-12(14(22)24)31(27,28)29/h12H,10-11H2,1-9H3,(H,21,25)(H,27,28,29). The van der Waals surface area contributed by atoms with Crippen molar-refractivity contribution < 1.29 is 37.0 Å². The Morgan fingerprint density at radius 3 is 1.94 bits per heavy atom. The molecule has 0 saturated carbocycles. The molecule has 0 aromatic heterocycles. The molecule has 2 N–H and O–H groups in total. The van der Waals surface area contributed by atoms with Crippen LogP contribution in [0.2, 0.25) is 0 Å². The number of hydrogen-bond acceptors (Lipinski definition) is 7. The molecule has 10 nitrogen and oxygen atoms in total. The first kappa shape index (κ1) is 27.0. The van der Waals surface area contributed by atoms with E-state index in [4.69, 9.17) is 9.39 Å². The first-order chi connectivity index (χ1) is 13.5. The molecule has 0 aliphatic carbocycles. The molecule has 31 heavy (non-hydrogen) atoms. The van der Waals surface area contributed by atoms with Crippen molar-refractivity contribution in [2.75, 3.05) is 0 Å². The summed E-state index contributed by atoms with van der Waals surface area (Å²) >= 11 is 0. The summed E-state index contributed by atoms with van der Waals surface area (Å²) in [4.78, 5) is 54.3. The molecule has 1 unspecified atom stereocenters. The average molecular weight is 463 g/mol. The lowest BCUT2D eigenvalue weighted by Gasteiger charge is -2.46. The molecule has 0 spiro atoms. The lowest BCUT2D eigenvalue weighted by atomic mass is 9.65. The number of hydroxylamine groups is 2. The molecule has 1 rings (SSSR count). The maximum Gasteiger partial charge on any atom is 0.338 e. The van der Waals surface area contributed by atoms with Gasteiger partial charge in [-0.25, -0.2) is 4.79 Å². The first-order valence-electron chi connectivity index (χ1n) is 9.91. The van der Waals surface area contributed by atoms with Gasteiger partial charge in [-0.05, 0) is 39.5 Å². The highest BCUT2D eigenvalue weighted by Crippen LogP contribution is 2.42. The summed E-state index contributed by atoms with van der Waals surface area (Å²) in [6, 6.07) is 0. The maximum atomic E-state index is 12.8. The molecule has 0 aromatic carbocycles. The number of amides is 3. The normalized spacial score (nSPS) is 18.9. The third kappa shape index (κ3) is 6.03. The van der Waals surface area contributed by atoms with Gasteiger partial charge in [0.05, 0.1) is 11.8 Å². The van der Waals surface area contributed by atoms with Crippen LogP contribution in [0, 0.1) is 16.2 Å². The highest BCUT2D eigenvalue weighted by Gasteiger charge is 2.51. The van der Waals surface area contributed by atoms with Crippen LogP contribution in [0.5, 0.6) is 0 Å². The molecule has 0 bridgehead atoms. The van der Waals surface area contributed by atoms with Gasteiger partial charge in [0.15, 0.2) is 5.25 Å². The second kappa shape index (κ2) is 8.16. The van der Waals surface area contributed by atoms with Crippen molar-refractivity contribution >= 4 is 33.8 Å². The summed E-state index contributed by atoms with van der Waals surface area (Å²) in [5.41, 5.74) is -3.18. The van der Waals surface area contributed by atoms with Crippen LogP contribution in [0.4, 0.5) is 0 Å². The number of imide groups is 1. The van der Waals surface area contributed by atoms with E-state index in [9.17, 15) is 27.6 Å². The van der Waals surface area contributed by atoms with Gasteiger partial charge in [-0.15, -0.1) is 5.06 Å². The average Bonchev–Trinajstić information content (AvgIpc) is 2.80. The molecule has 11 heteroatoms. The number of hydrogen-bond donors (Lipinski definition) is 2. The summed E-state index contributed by atoms with van der Waals surface area (Å²) < 4.78 is 31.6. The van der Waals surface area contributed by atoms with Gasteiger partial charge < -0.3 is 10.2 Å². The molecular weight excluding hydrogens is 428 g/mol. The molecule has 1 saturated heterocycles. The number of nitrogens with one attached hydrogen (secondary N) is 1. The lowest BCUT2D eigenvalue weighted by molar-refractivity contribution is -0.205. The van der Waals surface area contributed by atoms with Crippen LogP contribution in [0.15, 0.2) is 0 Å². The fraction of sp³-hybridized carbons (Fsp3) is 0.800. The Morgan fingerprint density at radius 2 is 1.55 bits per heavy atom. The third-order valence-corrected chi connectivity index (χ3v) is 6.92. The minimum atomic E-state index is -4.80. The second-order valence-corrected chi connectivity index (χ2v) is 12.5. The van der Waals surface area contributed by atoms with E-state index < -0.39 is 61.4 Å². The topological polar surface area (TPSA) is 147 Å². The van der Waals surface area contributed by atoms with Crippen molar-refractivity contribution in [1.29, 1.82) is 0 Å². The van der Waals surface area contributed by atoms with Gasteiger partial charge in [0.25, 0.3) is 21.9 Å². The minimum Gasteiger partial charge on any atom is -0.350 e. The summed E-state index contributed by atoms with van der Waals surface area (Å²) in [6.07, 6.45) is -0.600. The van der Waals surface area contributed by atoms with Crippen molar-refractivity contribution in [2.45, 2.75) is 85.9 Å². The predicted octanol–water partition coefficient (Wildman–Crippen LogP) is 1.84. The van der Waals surface area contributed by atoms with Crippen LogP contribution >= 0.6 is 0 Å². The Balaban J connectivity index is 3.00. The number of carbonyl (C=O) groups is 4. The van der Waals surface area contributed by atoms with Crippen LogP contribution in [0.1, 0.15) is 75.2 Å². The zero-order valence-electron chi connectivity index (χ0n) is 19.7. The summed E-state index contributed by atoms with van der Waals surface area (Å²) in [5.74, 6) is -3.42. The summed E-state index contributed by atoms with van der Waals surface area (Å²) in [5, 5.41) is 1.12. The Morgan fingerprint density at radius 1 is 1.06 bits per heavy atom. The van der Waals surface area contributed by atoms with Crippen LogP contribution < -0.4 is 5.32 Å². The van der Waals surface area contributed by atoms with Crippen molar-refractivity contribution in [3.05, 3.63) is 0 Å². The maximum absolute atomic E-state index is 12.8.